The first kappa shape index (κ1) is 43.2. The van der Waals surface area contributed by atoms with Gasteiger partial charge in [0.2, 0.25) is 35.9 Å². The van der Waals surface area contributed by atoms with Crippen LogP contribution in [0, 0.1) is 0 Å². The number of imide groups is 1. The summed E-state index contributed by atoms with van der Waals surface area (Å²) in [5.41, 5.74) is 5.10. The summed E-state index contributed by atoms with van der Waals surface area (Å²) in [7, 11) is 2.88. The fourth-order valence-corrected chi connectivity index (χ4v) is 4.50. The number of carbonyl (C=O) groups is 9. The van der Waals surface area contributed by atoms with Gasteiger partial charge in [0.05, 0.1) is 39.9 Å². The van der Waals surface area contributed by atoms with Crippen LogP contribution in [0.1, 0.15) is 26.2 Å². The maximum atomic E-state index is 13.6. The molecule has 0 unspecified atom stereocenters. The lowest BCUT2D eigenvalue weighted by Gasteiger charge is -2.42. The fourth-order valence-electron chi connectivity index (χ4n) is 4.50. The zero-order valence-electron chi connectivity index (χ0n) is 27.4. The highest BCUT2D eigenvalue weighted by Crippen LogP contribution is 2.24. The Morgan fingerprint density at radius 3 is 2.12 bits per heavy atom. The Labute approximate surface area is 284 Å². The Morgan fingerprint density at radius 2 is 1.58 bits per heavy atom. The lowest BCUT2D eigenvalue weighted by atomic mass is 9.99. The van der Waals surface area contributed by atoms with Crippen LogP contribution < -0.4 is 27.0 Å². The minimum absolute atomic E-state index is 0.0256. The molecule has 23 heteroatoms. The number of hydrogen-bond donors (Lipinski definition) is 9. The van der Waals surface area contributed by atoms with Gasteiger partial charge in [-0.1, -0.05) is 0 Å². The van der Waals surface area contributed by atoms with E-state index in [-0.39, 0.29) is 6.41 Å². The third-order valence-electron chi connectivity index (χ3n) is 7.22. The second-order valence-electron chi connectivity index (χ2n) is 10.7. The van der Waals surface area contributed by atoms with Crippen LogP contribution >= 0.6 is 0 Å². The van der Waals surface area contributed by atoms with Crippen LogP contribution in [0.2, 0.25) is 0 Å². The summed E-state index contributed by atoms with van der Waals surface area (Å²) >= 11 is 0. The first-order valence-electron chi connectivity index (χ1n) is 14.7. The van der Waals surface area contributed by atoms with Crippen LogP contribution in [-0.2, 0) is 62.1 Å². The molecular formula is C27H42N6O17. The summed E-state index contributed by atoms with van der Waals surface area (Å²) in [5.74, 6) is -9.02. The maximum absolute atomic E-state index is 13.6. The second kappa shape index (κ2) is 20.6. The van der Waals surface area contributed by atoms with Gasteiger partial charge in [-0.25, -0.2) is 9.59 Å². The predicted octanol–water partition coefficient (Wildman–Crippen LogP) is -7.62. The number of hydrogen-bond acceptors (Lipinski definition) is 17. The van der Waals surface area contributed by atoms with Crippen molar-refractivity contribution in [3.05, 3.63) is 0 Å². The Morgan fingerprint density at radius 1 is 0.940 bits per heavy atom. The molecule has 1 rings (SSSR count). The molecule has 0 spiro atoms. The van der Waals surface area contributed by atoms with E-state index in [1.807, 2.05) is 5.32 Å². The van der Waals surface area contributed by atoms with E-state index in [9.17, 15) is 63.6 Å². The molecule has 1 saturated heterocycles. The van der Waals surface area contributed by atoms with E-state index < -0.39 is 135 Å². The van der Waals surface area contributed by atoms with Crippen LogP contribution in [-0.4, -0.2) is 168 Å². The number of nitrogens with one attached hydrogen (secondary N) is 4. The molecule has 0 bridgehead atoms. The number of nitrogens with two attached hydrogens (primary N) is 1. The van der Waals surface area contributed by atoms with Crippen LogP contribution in [0.4, 0.5) is 0 Å². The number of methoxy groups -OCH3 is 2. The molecule has 282 valence electrons. The van der Waals surface area contributed by atoms with Crippen molar-refractivity contribution in [2.75, 3.05) is 34.4 Å². The molecular weight excluding hydrogens is 680 g/mol. The van der Waals surface area contributed by atoms with Gasteiger partial charge in [-0.3, -0.25) is 38.9 Å². The van der Waals surface area contributed by atoms with E-state index in [2.05, 4.69) is 20.1 Å². The number of rotatable bonds is 18. The van der Waals surface area contributed by atoms with Crippen LogP contribution in [0.5, 0.6) is 0 Å². The number of primary amides is 1. The van der Waals surface area contributed by atoms with Gasteiger partial charge in [-0.2, -0.15) is 0 Å². The number of carbonyl (C=O) groups excluding carboxylic acids is 9. The summed E-state index contributed by atoms with van der Waals surface area (Å²) in [6.07, 6.45) is -11.9. The molecule has 0 aromatic rings. The van der Waals surface area contributed by atoms with Crippen molar-refractivity contribution in [2.45, 2.75) is 81.1 Å². The van der Waals surface area contributed by atoms with E-state index >= 15 is 0 Å². The average molecular weight is 723 g/mol. The molecule has 0 aromatic heterocycles. The van der Waals surface area contributed by atoms with E-state index in [1.54, 1.807) is 5.32 Å². The average Bonchev–Trinajstić information content (AvgIpc) is 3.07. The number of ether oxygens (including phenoxy) is 4. The smallest absolute Gasteiger partial charge is 0.396 e. The Hall–Kier alpha value is -4.81. The molecule has 23 nitrogen and oxygen atoms in total. The lowest BCUT2D eigenvalue weighted by Crippen LogP contribution is -2.62. The van der Waals surface area contributed by atoms with Crippen molar-refractivity contribution < 1.29 is 82.5 Å². The molecule has 0 saturated carbocycles. The number of aliphatic hydroxyl groups is 4. The first-order valence-corrected chi connectivity index (χ1v) is 14.7. The van der Waals surface area contributed by atoms with Gasteiger partial charge in [0.1, 0.15) is 42.5 Å². The zero-order valence-corrected chi connectivity index (χ0v) is 27.4. The number of likely N-dealkylation sites (N-methyl/N-ethyl adjacent to an activating group) is 1. The normalized spacial score (nSPS) is 22.3. The SMILES string of the molecule is COC(=O)C(=O)N[C@H](CCC(N)=O)C(=O)NCC(=O)N(C)[C@H](C(=O)N[C@@H](CC(=O)NC=O)C(=O)OC)[C@H](C)O[C@H]1O[C@H](CO)[C@@H](O)[C@H](O)[C@H]1O. The number of nitrogens with zero attached hydrogens (tertiary/aromatic N) is 1. The van der Waals surface area contributed by atoms with Crippen molar-refractivity contribution in [1.82, 2.24) is 26.2 Å². The van der Waals surface area contributed by atoms with Crippen molar-refractivity contribution in [1.29, 1.82) is 0 Å². The minimum atomic E-state index is -1.94. The topological polar surface area (TPSA) is 349 Å². The van der Waals surface area contributed by atoms with E-state index in [4.69, 9.17) is 15.2 Å². The largest absolute Gasteiger partial charge is 0.467 e. The van der Waals surface area contributed by atoms with E-state index in [0.29, 0.717) is 4.90 Å². The van der Waals surface area contributed by atoms with Crippen molar-refractivity contribution in [3.63, 3.8) is 0 Å². The number of esters is 2. The summed E-state index contributed by atoms with van der Waals surface area (Å²) in [5, 5.41) is 48.3. The summed E-state index contributed by atoms with van der Waals surface area (Å²) < 4.78 is 19.8. The van der Waals surface area contributed by atoms with Gasteiger partial charge in [0, 0.05) is 13.5 Å². The highest BCUT2D eigenvalue weighted by molar-refractivity contribution is 6.32. The van der Waals surface area contributed by atoms with Crippen LogP contribution in [0.15, 0.2) is 0 Å². The summed E-state index contributed by atoms with van der Waals surface area (Å²) in [4.78, 5) is 110. The molecule has 7 amide bonds. The molecule has 0 radical (unpaired) electrons. The lowest BCUT2D eigenvalue weighted by molar-refractivity contribution is -0.312. The first-order chi connectivity index (χ1) is 23.4. The van der Waals surface area contributed by atoms with E-state index in [0.717, 1.165) is 21.3 Å². The van der Waals surface area contributed by atoms with Gasteiger partial charge in [-0.15, -0.1) is 0 Å². The van der Waals surface area contributed by atoms with Gasteiger partial charge in [-0.05, 0) is 13.3 Å². The summed E-state index contributed by atoms with van der Waals surface area (Å²) in [6.45, 7) is -0.539. The van der Waals surface area contributed by atoms with Crippen molar-refractivity contribution in [3.8, 4) is 0 Å². The molecule has 10 N–H and O–H groups in total. The van der Waals surface area contributed by atoms with Crippen molar-refractivity contribution in [2.24, 2.45) is 5.73 Å². The van der Waals surface area contributed by atoms with Crippen molar-refractivity contribution >= 4 is 53.8 Å². The molecule has 9 atom stereocenters. The second-order valence-corrected chi connectivity index (χ2v) is 10.7. The zero-order chi connectivity index (χ0) is 38.3. The highest BCUT2D eigenvalue weighted by atomic mass is 16.7. The molecule has 0 aliphatic carbocycles. The van der Waals surface area contributed by atoms with E-state index in [1.165, 1.54) is 6.92 Å². The number of aliphatic hydroxyl groups excluding tert-OH is 4. The monoisotopic (exact) mass is 722 g/mol. The standard InChI is InChI=1S/C27H42N6O17/c1-11(49-27-21(41)20(40)19(39)14(9-34)50-27)18(23(43)32-13(25(45)47-3)7-16(37)30-10-35)33(2)17(38)8-29-22(42)12(5-6-15(28)36)31-24(44)26(46)48-4/h10-14,18-21,27,34,39-41H,5-9H2,1-4H3,(H2,28,36)(H,29,42)(H,31,44)(H,32,43)(H,30,35,37)/t11-,12+,13-,14+,18-,19+,20-,21+,27-/m0/s1. The Balaban J connectivity index is 3.34. The van der Waals surface area contributed by atoms with Gasteiger partial charge < -0.3 is 66.0 Å². The van der Waals surface area contributed by atoms with Gasteiger partial charge in [0.15, 0.2) is 6.29 Å². The van der Waals surface area contributed by atoms with Crippen LogP contribution in [0.3, 0.4) is 0 Å². The molecule has 1 aliphatic heterocycles. The molecule has 0 aromatic carbocycles. The predicted molar refractivity (Wildman–Crippen MR) is 159 cm³/mol. The Bertz CT molecular complexity index is 1270. The third kappa shape index (κ3) is 12.6. The Kier molecular flexibility index (Phi) is 17.8. The maximum Gasteiger partial charge on any atom is 0.396 e. The quantitative estimate of drug-likeness (QED) is 0.0360. The summed E-state index contributed by atoms with van der Waals surface area (Å²) in [6, 6.07) is -5.09. The molecule has 1 aliphatic rings. The van der Waals surface area contributed by atoms with Gasteiger partial charge >= 0.3 is 17.8 Å². The fraction of sp³-hybridized carbons (Fsp3) is 0.667. The molecule has 1 fully saturated rings. The van der Waals surface area contributed by atoms with Gasteiger partial charge in [0.25, 0.3) is 0 Å². The molecule has 50 heavy (non-hydrogen) atoms. The number of amides is 7. The van der Waals surface area contributed by atoms with Crippen LogP contribution in [0.25, 0.3) is 0 Å². The third-order valence-corrected chi connectivity index (χ3v) is 7.22. The molecule has 1 heterocycles. The highest BCUT2D eigenvalue weighted by Gasteiger charge is 2.46. The minimum Gasteiger partial charge on any atom is -0.467 e.